The van der Waals surface area contributed by atoms with Crippen LogP contribution >= 0.6 is 0 Å². The first-order valence-electron chi connectivity index (χ1n) is 9.69. The van der Waals surface area contributed by atoms with Crippen molar-refractivity contribution in [3.05, 3.63) is 30.1 Å². The molecule has 1 saturated carbocycles. The zero-order valence-electron chi connectivity index (χ0n) is 15.7. The van der Waals surface area contributed by atoms with Gasteiger partial charge in [0.25, 0.3) is 5.89 Å². The number of H-pyrrole nitrogens is 1. The minimum Gasteiger partial charge on any atom is -0.402 e. The highest BCUT2D eigenvalue weighted by atomic mass is 19.1. The number of anilines is 1. The third kappa shape index (κ3) is 3.12. The van der Waals surface area contributed by atoms with Crippen LogP contribution in [0.25, 0.3) is 22.5 Å². The Morgan fingerprint density at radius 1 is 1.25 bits per heavy atom. The van der Waals surface area contributed by atoms with Gasteiger partial charge in [-0.1, -0.05) is 5.10 Å². The number of amides is 1. The summed E-state index contributed by atoms with van der Waals surface area (Å²) in [5, 5.41) is 11.9. The van der Waals surface area contributed by atoms with Crippen LogP contribution in [-0.4, -0.2) is 45.1 Å². The van der Waals surface area contributed by atoms with E-state index in [9.17, 15) is 9.18 Å². The Morgan fingerprint density at radius 3 is 2.79 bits per heavy atom. The fourth-order valence-electron chi connectivity index (χ4n) is 4.00. The number of nitrogens with one attached hydrogen (secondary N) is 2. The van der Waals surface area contributed by atoms with Crippen LogP contribution in [0, 0.1) is 11.2 Å². The van der Waals surface area contributed by atoms with Crippen LogP contribution in [0.4, 0.5) is 10.4 Å². The number of likely N-dealkylation sites (tertiary alicyclic amines) is 1. The molecule has 28 heavy (non-hydrogen) atoms. The van der Waals surface area contributed by atoms with Gasteiger partial charge in [-0.05, 0) is 62.3 Å². The largest absolute Gasteiger partial charge is 0.402 e. The number of aromatic amines is 1. The lowest BCUT2D eigenvalue weighted by molar-refractivity contribution is -0.133. The number of aromatic nitrogens is 3. The summed E-state index contributed by atoms with van der Waals surface area (Å²) >= 11 is 0. The van der Waals surface area contributed by atoms with E-state index in [-0.39, 0.29) is 23.6 Å². The van der Waals surface area contributed by atoms with E-state index >= 15 is 0 Å². The fourth-order valence-corrected chi connectivity index (χ4v) is 4.00. The molecule has 0 radical (unpaired) electrons. The van der Waals surface area contributed by atoms with E-state index in [1.165, 1.54) is 25.0 Å². The van der Waals surface area contributed by atoms with Gasteiger partial charge in [0.15, 0.2) is 0 Å². The van der Waals surface area contributed by atoms with Crippen LogP contribution in [0.2, 0.25) is 0 Å². The maximum atomic E-state index is 13.4. The predicted molar refractivity (Wildman–Crippen MR) is 102 cm³/mol. The first kappa shape index (κ1) is 17.2. The second-order valence-electron chi connectivity index (χ2n) is 8.02. The molecular weight excluding hydrogens is 361 g/mol. The Balaban J connectivity index is 1.25. The molecule has 2 aliphatic rings. The van der Waals surface area contributed by atoms with Crippen molar-refractivity contribution in [2.24, 2.45) is 5.41 Å². The molecule has 2 aromatic heterocycles. The number of rotatable bonds is 4. The van der Waals surface area contributed by atoms with Gasteiger partial charge >= 0.3 is 6.01 Å². The molecule has 3 aromatic rings. The van der Waals surface area contributed by atoms with E-state index in [4.69, 9.17) is 4.42 Å². The summed E-state index contributed by atoms with van der Waals surface area (Å²) in [4.78, 5) is 17.7. The molecule has 146 valence electrons. The number of benzene rings is 1. The Morgan fingerprint density at radius 2 is 2.04 bits per heavy atom. The van der Waals surface area contributed by atoms with E-state index in [1.54, 1.807) is 13.0 Å². The zero-order valence-corrected chi connectivity index (χ0v) is 15.7. The van der Waals surface area contributed by atoms with Gasteiger partial charge in [0.05, 0.1) is 0 Å². The standard InChI is InChI=1S/C20H22FN5O2/c1-12(18(27)26-8-6-20(4-5-20)7-9-26)22-19-25-24-17(28-19)16-10-13-2-3-14(21)11-15(13)23-16/h2-3,10-12,23H,4-9H2,1H3,(H,22,25)/t12-/m0/s1. The van der Waals surface area contributed by atoms with Crippen molar-refractivity contribution in [2.45, 2.75) is 38.6 Å². The third-order valence-electron chi connectivity index (χ3n) is 6.04. The Labute approximate surface area is 161 Å². The molecule has 8 heteroatoms. The van der Waals surface area contributed by atoms with Crippen molar-refractivity contribution in [1.29, 1.82) is 0 Å². The van der Waals surface area contributed by atoms with Gasteiger partial charge in [0.2, 0.25) is 5.91 Å². The van der Waals surface area contributed by atoms with Gasteiger partial charge in [0.1, 0.15) is 17.6 Å². The second-order valence-corrected chi connectivity index (χ2v) is 8.02. The van der Waals surface area contributed by atoms with Crippen LogP contribution in [0.3, 0.4) is 0 Å². The summed E-state index contributed by atoms with van der Waals surface area (Å²) in [6.45, 7) is 3.45. The number of carbonyl (C=O) groups is 1. The minimum absolute atomic E-state index is 0.0522. The number of halogens is 1. The monoisotopic (exact) mass is 383 g/mol. The third-order valence-corrected chi connectivity index (χ3v) is 6.04. The molecule has 2 N–H and O–H groups in total. The number of fused-ring (bicyclic) bond motifs is 1. The van der Waals surface area contributed by atoms with Crippen molar-refractivity contribution in [3.8, 4) is 11.6 Å². The maximum Gasteiger partial charge on any atom is 0.316 e. The lowest BCUT2D eigenvalue weighted by Crippen LogP contribution is -2.45. The second kappa shape index (κ2) is 6.32. The smallest absolute Gasteiger partial charge is 0.316 e. The first-order valence-corrected chi connectivity index (χ1v) is 9.69. The van der Waals surface area contributed by atoms with Gasteiger partial charge < -0.3 is 19.6 Å². The number of hydrogen-bond donors (Lipinski definition) is 2. The van der Waals surface area contributed by atoms with Crippen molar-refractivity contribution >= 4 is 22.8 Å². The van der Waals surface area contributed by atoms with Gasteiger partial charge in [-0.25, -0.2) is 4.39 Å². The Hall–Kier alpha value is -2.90. The van der Waals surface area contributed by atoms with Gasteiger partial charge in [0, 0.05) is 24.0 Å². The first-order chi connectivity index (χ1) is 13.5. The molecular formula is C20H22FN5O2. The van der Waals surface area contributed by atoms with Crippen LogP contribution in [0.5, 0.6) is 0 Å². The molecule has 1 aromatic carbocycles. The van der Waals surface area contributed by atoms with Crippen LogP contribution in [-0.2, 0) is 4.79 Å². The van der Waals surface area contributed by atoms with Crippen LogP contribution in [0.15, 0.2) is 28.7 Å². The van der Waals surface area contributed by atoms with E-state index in [1.807, 2.05) is 11.0 Å². The van der Waals surface area contributed by atoms with Crippen molar-refractivity contribution < 1.29 is 13.6 Å². The molecule has 1 amide bonds. The molecule has 1 spiro atoms. The molecule has 0 bridgehead atoms. The molecule has 7 nitrogen and oxygen atoms in total. The SMILES string of the molecule is C[C@H](Nc1nnc(-c2cc3ccc(F)cc3[nH]2)o1)C(=O)N1CCC2(CC1)CC2. The molecule has 5 rings (SSSR count). The topological polar surface area (TPSA) is 87.0 Å². The average Bonchev–Trinajstić information content (AvgIpc) is 3.10. The van der Waals surface area contributed by atoms with Crippen molar-refractivity contribution in [3.63, 3.8) is 0 Å². The van der Waals surface area contributed by atoms with E-state index in [2.05, 4.69) is 20.5 Å². The molecule has 1 atom stereocenters. The predicted octanol–water partition coefficient (Wildman–Crippen LogP) is 3.56. The Bertz CT molecular complexity index is 1030. The quantitative estimate of drug-likeness (QED) is 0.719. The van der Waals surface area contributed by atoms with Gasteiger partial charge in [-0.2, -0.15) is 0 Å². The maximum absolute atomic E-state index is 13.4. The molecule has 1 saturated heterocycles. The van der Waals surface area contributed by atoms with Crippen molar-refractivity contribution in [2.75, 3.05) is 18.4 Å². The van der Waals surface area contributed by atoms with Crippen LogP contribution < -0.4 is 5.32 Å². The van der Waals surface area contributed by atoms with Gasteiger partial charge in [-0.3, -0.25) is 4.79 Å². The summed E-state index contributed by atoms with van der Waals surface area (Å²) in [5.41, 5.74) is 1.80. The normalized spacial score (nSPS) is 19.1. The van der Waals surface area contributed by atoms with Gasteiger partial charge in [-0.15, -0.1) is 5.10 Å². The minimum atomic E-state index is -0.446. The molecule has 1 aliphatic heterocycles. The number of nitrogens with zero attached hydrogens (tertiary/aromatic N) is 3. The lowest BCUT2D eigenvalue weighted by atomic mass is 9.93. The highest BCUT2D eigenvalue weighted by Gasteiger charge is 2.45. The number of piperidine rings is 1. The lowest BCUT2D eigenvalue weighted by Gasteiger charge is -2.33. The molecule has 3 heterocycles. The summed E-state index contributed by atoms with van der Waals surface area (Å²) in [6, 6.07) is 6.07. The molecule has 0 unspecified atom stereocenters. The Kier molecular flexibility index (Phi) is 3.89. The summed E-state index contributed by atoms with van der Waals surface area (Å²) < 4.78 is 19.0. The summed E-state index contributed by atoms with van der Waals surface area (Å²) in [7, 11) is 0. The number of hydrogen-bond acceptors (Lipinski definition) is 5. The molecule has 2 fully saturated rings. The summed E-state index contributed by atoms with van der Waals surface area (Å²) in [6.07, 6.45) is 4.84. The molecule has 1 aliphatic carbocycles. The highest BCUT2D eigenvalue weighted by molar-refractivity contribution is 5.85. The highest BCUT2D eigenvalue weighted by Crippen LogP contribution is 2.53. The van der Waals surface area contributed by atoms with E-state index in [0.717, 1.165) is 31.3 Å². The van der Waals surface area contributed by atoms with E-state index in [0.29, 0.717) is 16.6 Å². The zero-order chi connectivity index (χ0) is 19.3. The van der Waals surface area contributed by atoms with Crippen molar-refractivity contribution in [1.82, 2.24) is 20.1 Å². The average molecular weight is 383 g/mol. The van der Waals surface area contributed by atoms with E-state index < -0.39 is 6.04 Å². The fraction of sp³-hybridized carbons (Fsp3) is 0.450. The van der Waals surface area contributed by atoms with Crippen LogP contribution in [0.1, 0.15) is 32.6 Å². The number of carbonyl (C=O) groups excluding carboxylic acids is 1. The summed E-state index contributed by atoms with van der Waals surface area (Å²) in [5.74, 6) is 0.0233.